The molecule has 0 bridgehead atoms. The number of likely N-dealkylation sites (tertiary alicyclic amines) is 1. The van der Waals surface area contributed by atoms with Gasteiger partial charge in [0, 0.05) is 37.1 Å². The smallest absolute Gasteiger partial charge is 0.279 e. The first-order chi connectivity index (χ1) is 14.0. The van der Waals surface area contributed by atoms with Gasteiger partial charge in [0.1, 0.15) is 5.75 Å². The Morgan fingerprint density at radius 3 is 2.83 bits per heavy atom. The van der Waals surface area contributed by atoms with Crippen molar-refractivity contribution in [1.29, 1.82) is 0 Å². The van der Waals surface area contributed by atoms with Gasteiger partial charge in [-0.25, -0.2) is 13.4 Å². The molecule has 1 aromatic carbocycles. The predicted octanol–water partition coefficient (Wildman–Crippen LogP) is 3.36. The van der Waals surface area contributed by atoms with Crippen molar-refractivity contribution in [2.75, 3.05) is 25.9 Å². The number of nitrogens with zero attached hydrogens (tertiary/aromatic N) is 3. The van der Waals surface area contributed by atoms with E-state index in [0.717, 1.165) is 50.3 Å². The standard InChI is InChI=1S/C21H25N3O3S2/c1-29(25,26)24-11-10-16-13-23(14-19(16)24)12-15-6-8-17(9-7-15)27-21-22-18-4-2-3-5-20(18)28-21/h2,4,6-9,16,19H,3,5,10-14H2,1H3. The van der Waals surface area contributed by atoms with Crippen molar-refractivity contribution in [2.24, 2.45) is 5.92 Å². The van der Waals surface area contributed by atoms with Gasteiger partial charge in [0.2, 0.25) is 10.0 Å². The second-order valence-electron chi connectivity index (χ2n) is 8.16. The zero-order valence-electron chi connectivity index (χ0n) is 16.5. The lowest BCUT2D eigenvalue weighted by Gasteiger charge is -2.22. The van der Waals surface area contributed by atoms with Crippen LogP contribution in [0.5, 0.6) is 10.9 Å². The van der Waals surface area contributed by atoms with E-state index in [1.165, 1.54) is 16.7 Å². The van der Waals surface area contributed by atoms with Crippen LogP contribution in [0.15, 0.2) is 30.3 Å². The van der Waals surface area contributed by atoms with Crippen LogP contribution in [-0.2, 0) is 23.0 Å². The highest BCUT2D eigenvalue weighted by molar-refractivity contribution is 7.88. The highest BCUT2D eigenvalue weighted by Gasteiger charge is 2.44. The molecule has 29 heavy (non-hydrogen) atoms. The molecule has 3 aliphatic rings. The number of rotatable bonds is 5. The van der Waals surface area contributed by atoms with Crippen LogP contribution in [0, 0.1) is 5.92 Å². The Bertz CT molecular complexity index is 1030. The molecular weight excluding hydrogens is 406 g/mol. The largest absolute Gasteiger partial charge is 0.431 e. The summed E-state index contributed by atoms with van der Waals surface area (Å²) in [7, 11) is -3.11. The molecular formula is C21H25N3O3S2. The number of sulfonamides is 1. The number of allylic oxidation sites excluding steroid dienone is 1. The quantitative estimate of drug-likeness (QED) is 0.726. The minimum atomic E-state index is -3.11. The molecule has 2 saturated heterocycles. The minimum Gasteiger partial charge on any atom is -0.431 e. The van der Waals surface area contributed by atoms with Gasteiger partial charge in [-0.3, -0.25) is 4.90 Å². The fourth-order valence-corrected chi connectivity index (χ4v) is 6.78. The molecule has 2 unspecified atom stereocenters. The zero-order valence-corrected chi connectivity index (χ0v) is 18.1. The second kappa shape index (κ2) is 7.50. The van der Waals surface area contributed by atoms with E-state index < -0.39 is 10.0 Å². The number of ether oxygens (including phenoxy) is 1. The summed E-state index contributed by atoms with van der Waals surface area (Å²) in [4.78, 5) is 8.22. The molecule has 6 nitrogen and oxygen atoms in total. The van der Waals surface area contributed by atoms with Crippen molar-refractivity contribution in [3.8, 4) is 10.9 Å². The van der Waals surface area contributed by atoms with Crippen LogP contribution >= 0.6 is 11.3 Å². The summed E-state index contributed by atoms with van der Waals surface area (Å²) in [5.41, 5.74) is 2.25. The molecule has 0 N–H and O–H groups in total. The van der Waals surface area contributed by atoms with Crippen molar-refractivity contribution >= 4 is 27.4 Å². The number of hydrogen-bond acceptors (Lipinski definition) is 6. The molecule has 0 radical (unpaired) electrons. The first-order valence-corrected chi connectivity index (χ1v) is 12.7. The van der Waals surface area contributed by atoms with Crippen LogP contribution in [0.3, 0.4) is 0 Å². The lowest BCUT2D eigenvalue weighted by molar-refractivity contribution is 0.287. The molecule has 2 aliphatic heterocycles. The van der Waals surface area contributed by atoms with Crippen LogP contribution in [0.1, 0.15) is 29.0 Å². The topological polar surface area (TPSA) is 62.7 Å². The third-order valence-corrected chi connectivity index (χ3v) is 8.37. The maximum atomic E-state index is 12.0. The molecule has 0 amide bonds. The Kier molecular flexibility index (Phi) is 4.98. The molecule has 1 aromatic heterocycles. The van der Waals surface area contributed by atoms with E-state index in [4.69, 9.17) is 4.74 Å². The van der Waals surface area contributed by atoms with E-state index in [1.54, 1.807) is 15.6 Å². The Morgan fingerprint density at radius 2 is 2.07 bits per heavy atom. The van der Waals surface area contributed by atoms with Crippen molar-refractivity contribution in [2.45, 2.75) is 31.8 Å². The fourth-order valence-electron chi connectivity index (χ4n) is 4.68. The van der Waals surface area contributed by atoms with E-state index in [0.29, 0.717) is 17.7 Å². The van der Waals surface area contributed by atoms with E-state index in [1.807, 2.05) is 12.1 Å². The Labute approximate surface area is 175 Å². The predicted molar refractivity (Wildman–Crippen MR) is 115 cm³/mol. The third-order valence-electron chi connectivity index (χ3n) is 6.05. The second-order valence-corrected chi connectivity index (χ2v) is 11.1. The molecule has 0 saturated carbocycles. The van der Waals surface area contributed by atoms with Crippen molar-refractivity contribution < 1.29 is 13.2 Å². The Morgan fingerprint density at radius 1 is 1.24 bits per heavy atom. The summed E-state index contributed by atoms with van der Waals surface area (Å²) in [5.74, 6) is 1.25. The van der Waals surface area contributed by atoms with E-state index in [-0.39, 0.29) is 6.04 Å². The monoisotopic (exact) mass is 431 g/mol. The number of benzene rings is 1. The number of thiazole rings is 1. The van der Waals surface area contributed by atoms with Gasteiger partial charge >= 0.3 is 0 Å². The first kappa shape index (κ1) is 19.2. The fraction of sp³-hybridized carbons (Fsp3) is 0.476. The van der Waals surface area contributed by atoms with Crippen LogP contribution in [-0.4, -0.2) is 54.5 Å². The van der Waals surface area contributed by atoms with Gasteiger partial charge in [-0.05, 0) is 49.0 Å². The Balaban J connectivity index is 1.20. The Hall–Kier alpha value is -1.74. The molecule has 154 valence electrons. The van der Waals surface area contributed by atoms with Gasteiger partial charge < -0.3 is 4.74 Å². The number of aryl methyl sites for hydroxylation is 1. The number of hydrogen-bond donors (Lipinski definition) is 0. The van der Waals surface area contributed by atoms with Gasteiger partial charge in [-0.2, -0.15) is 4.31 Å². The van der Waals surface area contributed by atoms with Crippen LogP contribution in [0.2, 0.25) is 0 Å². The van der Waals surface area contributed by atoms with Crippen molar-refractivity contribution in [1.82, 2.24) is 14.2 Å². The van der Waals surface area contributed by atoms with Gasteiger partial charge in [-0.1, -0.05) is 29.5 Å². The summed E-state index contributed by atoms with van der Waals surface area (Å²) >= 11 is 1.63. The highest BCUT2D eigenvalue weighted by atomic mass is 32.2. The summed E-state index contributed by atoms with van der Waals surface area (Å²) in [5, 5.41) is 0.697. The van der Waals surface area contributed by atoms with E-state index >= 15 is 0 Å². The lowest BCUT2D eigenvalue weighted by Crippen LogP contribution is -2.38. The minimum absolute atomic E-state index is 0.137. The van der Waals surface area contributed by atoms with Gasteiger partial charge in [0.15, 0.2) is 0 Å². The average Bonchev–Trinajstić information content (AvgIpc) is 3.35. The van der Waals surface area contributed by atoms with Crippen molar-refractivity contribution in [3.63, 3.8) is 0 Å². The van der Waals surface area contributed by atoms with Crippen LogP contribution < -0.4 is 4.74 Å². The molecule has 2 fully saturated rings. The maximum absolute atomic E-state index is 12.0. The molecule has 3 heterocycles. The summed E-state index contributed by atoms with van der Waals surface area (Å²) < 4.78 is 31.6. The summed E-state index contributed by atoms with van der Waals surface area (Å²) in [6.07, 6.45) is 8.63. The lowest BCUT2D eigenvalue weighted by atomic mass is 10.1. The summed E-state index contributed by atoms with van der Waals surface area (Å²) in [6.45, 7) is 3.28. The molecule has 2 aromatic rings. The molecule has 1 aliphatic carbocycles. The average molecular weight is 432 g/mol. The van der Waals surface area contributed by atoms with Crippen molar-refractivity contribution in [3.05, 3.63) is 46.5 Å². The molecule has 5 rings (SSSR count). The normalized spacial score (nSPS) is 24.6. The zero-order chi connectivity index (χ0) is 20.0. The molecule has 0 spiro atoms. The SMILES string of the molecule is CS(=O)(=O)N1CCC2CN(Cc3ccc(Oc4nc5c(s4)CCC=C5)cc3)CC21. The molecule has 2 atom stereocenters. The van der Waals surface area contributed by atoms with Crippen LogP contribution in [0.25, 0.3) is 6.08 Å². The summed E-state index contributed by atoms with van der Waals surface area (Å²) in [6, 6.07) is 8.30. The third kappa shape index (κ3) is 3.99. The maximum Gasteiger partial charge on any atom is 0.279 e. The highest BCUT2D eigenvalue weighted by Crippen LogP contribution is 2.35. The number of fused-ring (bicyclic) bond motifs is 2. The molecule has 8 heteroatoms. The van der Waals surface area contributed by atoms with E-state index in [9.17, 15) is 8.42 Å². The van der Waals surface area contributed by atoms with E-state index in [2.05, 4.69) is 34.2 Å². The van der Waals surface area contributed by atoms with Gasteiger partial charge in [0.05, 0.1) is 11.9 Å². The first-order valence-electron chi connectivity index (χ1n) is 10.1. The van der Waals surface area contributed by atoms with Gasteiger partial charge in [-0.15, -0.1) is 0 Å². The number of aromatic nitrogens is 1. The van der Waals surface area contributed by atoms with Crippen LogP contribution in [0.4, 0.5) is 0 Å². The van der Waals surface area contributed by atoms with Gasteiger partial charge in [0.25, 0.3) is 5.19 Å².